The van der Waals surface area contributed by atoms with Gasteiger partial charge in [-0.2, -0.15) is 0 Å². The number of hydrogen-bond acceptors (Lipinski definition) is 7. The van der Waals surface area contributed by atoms with Crippen molar-refractivity contribution in [3.63, 3.8) is 0 Å². The van der Waals surface area contributed by atoms with Crippen LogP contribution in [0.3, 0.4) is 0 Å². The summed E-state index contributed by atoms with van der Waals surface area (Å²) in [7, 11) is 7.17. The maximum Gasteiger partial charge on any atom is 0.341 e. The van der Waals surface area contributed by atoms with Gasteiger partial charge in [-0.1, -0.05) is 62.0 Å². The van der Waals surface area contributed by atoms with E-state index < -0.39 is 29.0 Å². The summed E-state index contributed by atoms with van der Waals surface area (Å²) < 4.78 is 33.2. The molecule has 69 heavy (non-hydrogen) atoms. The average Bonchev–Trinajstić information content (AvgIpc) is 3.32. The Morgan fingerprint density at radius 1 is 0.565 bits per heavy atom. The summed E-state index contributed by atoms with van der Waals surface area (Å²) in [5.41, 5.74) is 1.85. The molecule has 0 amide bonds. The number of aromatic nitrogens is 2. The van der Waals surface area contributed by atoms with Crippen LogP contribution in [-0.4, -0.2) is 61.8 Å². The lowest BCUT2D eigenvalue weighted by atomic mass is 9.99. The highest BCUT2D eigenvalue weighted by atomic mass is 127. The minimum atomic E-state index is -1.24. The minimum absolute atomic E-state index is 0.0815. The number of hydrogen-bond donors (Lipinski definition) is 2. The summed E-state index contributed by atoms with van der Waals surface area (Å²) >= 11 is 8.22. The molecule has 0 saturated heterocycles. The third-order valence-electron chi connectivity index (χ3n) is 8.33. The van der Waals surface area contributed by atoms with Gasteiger partial charge in [-0.25, -0.2) is 18.4 Å². The maximum absolute atomic E-state index is 13.7. The van der Waals surface area contributed by atoms with Gasteiger partial charge in [0.25, 0.3) is 0 Å². The zero-order valence-electron chi connectivity index (χ0n) is 41.3. The number of carbonyl (C=O) groups is 4. The van der Waals surface area contributed by atoms with Crippen molar-refractivity contribution in [2.75, 3.05) is 14.1 Å². The van der Waals surface area contributed by atoms with Crippen LogP contribution in [0.5, 0.6) is 0 Å². The Morgan fingerprint density at radius 3 is 1.25 bits per heavy atom. The van der Waals surface area contributed by atoms with Crippen LogP contribution in [0.2, 0.25) is 0 Å². The molecular formula is C52H61F2I4N3O8. The molecule has 0 radical (unpaired) electrons. The Labute approximate surface area is 458 Å². The van der Waals surface area contributed by atoms with Crippen molar-refractivity contribution in [2.24, 2.45) is 14.1 Å². The fraction of sp³-hybridized carbons (Fsp3) is 0.269. The molecule has 6 rings (SSSR count). The molecule has 0 bridgehead atoms. The maximum atomic E-state index is 13.7. The fourth-order valence-electron chi connectivity index (χ4n) is 5.43. The molecule has 6 aromatic rings. The molecular weight excluding hydrogens is 1340 g/mol. The summed E-state index contributed by atoms with van der Waals surface area (Å²) in [5, 5.41) is 18.4. The van der Waals surface area contributed by atoms with Gasteiger partial charge >= 0.3 is 11.9 Å². The van der Waals surface area contributed by atoms with Crippen molar-refractivity contribution in [1.29, 1.82) is 0 Å². The van der Waals surface area contributed by atoms with E-state index >= 15 is 0 Å². The number of carbonyl (C=O) groups excluding carboxylic acids is 2. The monoisotopic (exact) mass is 1400 g/mol. The first kappa shape index (κ1) is 66.7. The molecule has 11 nitrogen and oxygen atoms in total. The van der Waals surface area contributed by atoms with Crippen LogP contribution in [0.1, 0.15) is 111 Å². The molecule has 0 atom stereocenters. The number of benzene rings is 4. The predicted molar refractivity (Wildman–Crippen MR) is 312 cm³/mol. The number of nitrogens with zero attached hydrogens (tertiary/aromatic N) is 3. The van der Waals surface area contributed by atoms with E-state index in [9.17, 15) is 37.5 Å². The van der Waals surface area contributed by atoms with Crippen molar-refractivity contribution < 1.29 is 38.2 Å². The van der Waals surface area contributed by atoms with Crippen molar-refractivity contribution in [3.8, 4) is 0 Å². The molecule has 2 aromatic heterocycles. The second kappa shape index (κ2) is 34.0. The summed E-state index contributed by atoms with van der Waals surface area (Å²) in [6.45, 7) is 22.9. The molecule has 2 heterocycles. The molecule has 2 N–H and O–H groups in total. The first-order valence-corrected chi connectivity index (χ1v) is 25.8. The number of fused-ring (bicyclic) bond motifs is 2. The summed E-state index contributed by atoms with van der Waals surface area (Å²) in [4.78, 5) is 70.5. The number of allylic oxidation sites excluding steroid dienone is 2. The number of halogens is 6. The summed E-state index contributed by atoms with van der Waals surface area (Å²) in [6.07, 6.45) is 4.60. The van der Waals surface area contributed by atoms with E-state index in [4.69, 9.17) is 10.2 Å². The molecule has 0 unspecified atom stereocenters. The van der Waals surface area contributed by atoms with Crippen molar-refractivity contribution >= 4 is 136 Å². The van der Waals surface area contributed by atoms with Gasteiger partial charge in [-0.15, -0.1) is 0 Å². The Kier molecular flexibility index (Phi) is 32.9. The highest BCUT2D eigenvalue weighted by Crippen LogP contribution is 2.21. The van der Waals surface area contributed by atoms with Crippen LogP contribution >= 0.6 is 90.4 Å². The van der Waals surface area contributed by atoms with Crippen LogP contribution in [0.25, 0.3) is 21.8 Å². The first-order chi connectivity index (χ1) is 32.4. The number of aryl methyl sites for hydroxylation is 2. The van der Waals surface area contributed by atoms with Crippen molar-refractivity contribution in [3.05, 3.63) is 178 Å². The van der Waals surface area contributed by atoms with E-state index in [1.165, 1.54) is 31.3 Å². The van der Waals surface area contributed by atoms with Gasteiger partial charge in [0.2, 0.25) is 5.43 Å². The van der Waals surface area contributed by atoms with Crippen LogP contribution in [0.15, 0.2) is 119 Å². The molecule has 17 heteroatoms. The van der Waals surface area contributed by atoms with E-state index in [2.05, 4.69) is 74.4 Å². The van der Waals surface area contributed by atoms with Crippen LogP contribution in [0, 0.1) is 25.9 Å². The molecule has 4 aromatic carbocycles. The van der Waals surface area contributed by atoms with Gasteiger partial charge in [0, 0.05) is 77.4 Å². The number of carboxylic acid groups (broad SMARTS) is 2. The molecule has 0 spiro atoms. The zero-order valence-corrected chi connectivity index (χ0v) is 50.0. The van der Waals surface area contributed by atoms with Gasteiger partial charge < -0.3 is 24.2 Å². The van der Waals surface area contributed by atoms with Gasteiger partial charge in [0.15, 0.2) is 17.0 Å². The number of carboxylic acids is 2. The fourth-order valence-corrected chi connectivity index (χ4v) is 7.40. The Hall–Kier alpha value is -4.36. The molecule has 0 aliphatic carbocycles. The third-order valence-corrected chi connectivity index (χ3v) is 11.0. The molecule has 0 aliphatic heterocycles. The van der Waals surface area contributed by atoms with E-state index in [1.54, 1.807) is 68.1 Å². The lowest BCUT2D eigenvalue weighted by molar-refractivity contribution is 0.0682. The highest BCUT2D eigenvalue weighted by Gasteiger charge is 2.18. The Morgan fingerprint density at radius 2 is 0.899 bits per heavy atom. The third kappa shape index (κ3) is 20.9. The normalized spacial score (nSPS) is 9.77. The van der Waals surface area contributed by atoms with Crippen molar-refractivity contribution in [2.45, 2.75) is 69.2 Å². The SMILES string of the molecule is C=C(C)/C(=C\N(C)C)C(=O)c1cc(I)ccc1F.CC.CC.CC.CC.CC(=O)c1cn(C)c2ccc(I)cc2c1=O.Cn1cc(C(=O)O)c(=O)c2cc(I)ccc21.O=C(O)c1cc(I)ccc1F. The number of pyridine rings is 2. The van der Waals surface area contributed by atoms with Crippen LogP contribution in [-0.2, 0) is 14.1 Å². The van der Waals surface area contributed by atoms with Crippen LogP contribution < -0.4 is 10.9 Å². The molecule has 0 aliphatic rings. The van der Waals surface area contributed by atoms with E-state index in [0.717, 1.165) is 27.8 Å². The molecule has 374 valence electrons. The van der Waals surface area contributed by atoms with E-state index in [-0.39, 0.29) is 39.2 Å². The van der Waals surface area contributed by atoms with Gasteiger partial charge in [-0.3, -0.25) is 19.2 Å². The van der Waals surface area contributed by atoms with Gasteiger partial charge in [0.05, 0.1) is 27.7 Å². The lowest BCUT2D eigenvalue weighted by Gasteiger charge is -2.12. The predicted octanol–water partition coefficient (Wildman–Crippen LogP) is 14.1. The zero-order chi connectivity index (χ0) is 54.0. The number of rotatable bonds is 7. The summed E-state index contributed by atoms with van der Waals surface area (Å²) in [5.74, 6) is -4.17. The van der Waals surface area contributed by atoms with E-state index in [0.29, 0.717) is 25.5 Å². The quantitative estimate of drug-likeness (QED) is 0.0687. The molecule has 0 fully saturated rings. The Balaban J connectivity index is 0. The van der Waals surface area contributed by atoms with Crippen molar-refractivity contribution in [1.82, 2.24) is 14.0 Å². The number of Topliss-reactive ketones (excluding diaryl/α,β-unsaturated/α-hetero) is 2. The number of ketones is 2. The smallest absolute Gasteiger partial charge is 0.341 e. The highest BCUT2D eigenvalue weighted by molar-refractivity contribution is 14.1. The summed E-state index contributed by atoms with van der Waals surface area (Å²) in [6, 6.07) is 19.5. The topological polar surface area (TPSA) is 156 Å². The van der Waals surface area contributed by atoms with E-state index in [1.807, 2.05) is 120 Å². The first-order valence-electron chi connectivity index (χ1n) is 21.5. The number of aromatic carboxylic acids is 2. The largest absolute Gasteiger partial charge is 0.478 e. The van der Waals surface area contributed by atoms with Gasteiger partial charge in [0.1, 0.15) is 17.2 Å². The average molecular weight is 1400 g/mol. The lowest BCUT2D eigenvalue weighted by Crippen LogP contribution is -2.17. The minimum Gasteiger partial charge on any atom is -0.478 e. The molecule has 0 saturated carbocycles. The standard InChI is InChI=1S/C14H15FINO.C12H10INO2.C11H8INO3.C7H4FIO2.4C2H6/c1-9(2)12(8-17(3)4)14(18)11-7-10(16)5-6-13(11)15;1-7(15)10-6-14(2)11-4-3-8(13)5-9(11)12(10)16;1-13-5-8(11(15)16)10(14)7-4-6(12)2-3-9(7)13;8-6-2-1-4(9)3-5(6)7(10)11;4*1-2/h5-8H,1H2,2-4H3;3-6H,1-2H3;2-5H,1H3,(H,15,16);1-3H,(H,10,11);4*1-2H3/b12-8+;;;;;;;. The van der Waals surface area contributed by atoms with Gasteiger partial charge in [-0.05, 0) is 183 Å². The Bertz CT molecular complexity index is 2760. The second-order valence-corrected chi connectivity index (χ2v) is 18.3. The second-order valence-electron chi connectivity index (χ2n) is 13.3. The van der Waals surface area contributed by atoms with Crippen LogP contribution in [0.4, 0.5) is 8.78 Å².